The molecule has 0 aliphatic rings. The van der Waals surface area contributed by atoms with E-state index >= 15 is 0 Å². The lowest BCUT2D eigenvalue weighted by atomic mass is 10.0. The highest BCUT2D eigenvalue weighted by Gasteiger charge is 2.00. The Labute approximate surface area is 107 Å². The molecule has 0 saturated heterocycles. The SMILES string of the molecule is CC(=O)OCc1cccc(-c2ccc(C)cc2)c1. The first-order chi connectivity index (χ1) is 8.65. The number of rotatable bonds is 3. The highest BCUT2D eigenvalue weighted by Crippen LogP contribution is 2.21. The van der Waals surface area contributed by atoms with Crippen LogP contribution >= 0.6 is 0 Å². The molecule has 0 aliphatic carbocycles. The Morgan fingerprint density at radius 2 is 1.78 bits per heavy atom. The molecule has 2 aromatic carbocycles. The summed E-state index contributed by atoms with van der Waals surface area (Å²) in [7, 11) is 0. The number of esters is 1. The van der Waals surface area contributed by atoms with Gasteiger partial charge in [-0.25, -0.2) is 0 Å². The topological polar surface area (TPSA) is 26.3 Å². The van der Waals surface area contributed by atoms with Crippen LogP contribution in [0.25, 0.3) is 11.1 Å². The van der Waals surface area contributed by atoms with Crippen molar-refractivity contribution in [3.63, 3.8) is 0 Å². The van der Waals surface area contributed by atoms with Gasteiger partial charge >= 0.3 is 5.97 Å². The minimum absolute atomic E-state index is 0.254. The molecule has 18 heavy (non-hydrogen) atoms. The third kappa shape index (κ3) is 3.20. The van der Waals surface area contributed by atoms with Gasteiger partial charge in [-0.15, -0.1) is 0 Å². The number of benzene rings is 2. The minimum atomic E-state index is -0.254. The van der Waals surface area contributed by atoms with E-state index in [2.05, 4.69) is 37.3 Å². The molecule has 92 valence electrons. The zero-order valence-electron chi connectivity index (χ0n) is 10.6. The van der Waals surface area contributed by atoms with E-state index < -0.39 is 0 Å². The summed E-state index contributed by atoms with van der Waals surface area (Å²) in [5, 5.41) is 0. The van der Waals surface area contributed by atoms with Crippen LogP contribution in [0.15, 0.2) is 48.5 Å². The highest BCUT2D eigenvalue weighted by atomic mass is 16.5. The van der Waals surface area contributed by atoms with Crippen molar-refractivity contribution in [3.8, 4) is 11.1 Å². The molecule has 0 unspecified atom stereocenters. The molecule has 0 spiro atoms. The Morgan fingerprint density at radius 1 is 1.06 bits per heavy atom. The zero-order chi connectivity index (χ0) is 13.0. The summed E-state index contributed by atoms with van der Waals surface area (Å²) >= 11 is 0. The van der Waals surface area contributed by atoms with E-state index in [4.69, 9.17) is 4.74 Å². The maximum Gasteiger partial charge on any atom is 0.302 e. The Morgan fingerprint density at radius 3 is 2.44 bits per heavy atom. The van der Waals surface area contributed by atoms with Crippen molar-refractivity contribution in [3.05, 3.63) is 59.7 Å². The maximum atomic E-state index is 10.8. The molecule has 0 radical (unpaired) electrons. The fourth-order valence-electron chi connectivity index (χ4n) is 1.77. The van der Waals surface area contributed by atoms with Crippen LogP contribution in [0.1, 0.15) is 18.1 Å². The molecule has 2 rings (SSSR count). The van der Waals surface area contributed by atoms with Gasteiger partial charge in [0.25, 0.3) is 0 Å². The summed E-state index contributed by atoms with van der Waals surface area (Å²) in [5.41, 5.74) is 4.56. The second kappa shape index (κ2) is 5.50. The monoisotopic (exact) mass is 240 g/mol. The quantitative estimate of drug-likeness (QED) is 0.764. The Bertz CT molecular complexity index is 541. The zero-order valence-corrected chi connectivity index (χ0v) is 10.6. The number of carbonyl (C=O) groups is 1. The molecule has 2 nitrogen and oxygen atoms in total. The average molecular weight is 240 g/mol. The predicted molar refractivity (Wildman–Crippen MR) is 72.1 cm³/mol. The van der Waals surface area contributed by atoms with Crippen molar-refractivity contribution in [1.82, 2.24) is 0 Å². The lowest BCUT2D eigenvalue weighted by molar-refractivity contribution is -0.142. The minimum Gasteiger partial charge on any atom is -0.461 e. The number of carbonyl (C=O) groups excluding carboxylic acids is 1. The maximum absolute atomic E-state index is 10.8. The third-order valence-corrected chi connectivity index (χ3v) is 2.75. The fourth-order valence-corrected chi connectivity index (χ4v) is 1.77. The molecule has 0 saturated carbocycles. The second-order valence-corrected chi connectivity index (χ2v) is 4.35. The normalized spacial score (nSPS) is 10.1. The molecular weight excluding hydrogens is 224 g/mol. The molecule has 0 aliphatic heterocycles. The lowest BCUT2D eigenvalue weighted by Crippen LogP contribution is -1.98. The first-order valence-corrected chi connectivity index (χ1v) is 5.94. The van der Waals surface area contributed by atoms with Crippen LogP contribution in [0.4, 0.5) is 0 Å². The molecule has 2 heteroatoms. The molecule has 0 bridgehead atoms. The predicted octanol–water partition coefficient (Wildman–Crippen LogP) is 3.73. The van der Waals surface area contributed by atoms with Crippen molar-refractivity contribution in [2.24, 2.45) is 0 Å². The molecule has 0 amide bonds. The molecule has 0 N–H and O–H groups in total. The van der Waals surface area contributed by atoms with Gasteiger partial charge in [-0.3, -0.25) is 4.79 Å². The van der Waals surface area contributed by atoms with E-state index in [1.54, 1.807) is 0 Å². The van der Waals surface area contributed by atoms with Crippen molar-refractivity contribution in [2.45, 2.75) is 20.5 Å². The van der Waals surface area contributed by atoms with Gasteiger partial charge in [-0.1, -0.05) is 48.0 Å². The summed E-state index contributed by atoms with van der Waals surface area (Å²) in [5.74, 6) is -0.254. The third-order valence-electron chi connectivity index (χ3n) is 2.75. The summed E-state index contributed by atoms with van der Waals surface area (Å²) < 4.78 is 5.00. The fraction of sp³-hybridized carbons (Fsp3) is 0.188. The van der Waals surface area contributed by atoms with Crippen LogP contribution in [0.5, 0.6) is 0 Å². The van der Waals surface area contributed by atoms with Crippen LogP contribution < -0.4 is 0 Å². The van der Waals surface area contributed by atoms with Gasteiger partial charge in [0.1, 0.15) is 6.61 Å². The smallest absolute Gasteiger partial charge is 0.302 e. The Balaban J connectivity index is 2.21. The first kappa shape index (κ1) is 12.4. The van der Waals surface area contributed by atoms with Crippen LogP contribution in [0.2, 0.25) is 0 Å². The number of ether oxygens (including phenoxy) is 1. The van der Waals surface area contributed by atoms with Crippen molar-refractivity contribution in [1.29, 1.82) is 0 Å². The number of aryl methyl sites for hydroxylation is 1. The van der Waals surface area contributed by atoms with Gasteiger partial charge in [0.05, 0.1) is 0 Å². The van der Waals surface area contributed by atoms with Gasteiger partial charge in [0, 0.05) is 6.92 Å². The molecule has 0 heterocycles. The van der Waals surface area contributed by atoms with Crippen LogP contribution in [-0.4, -0.2) is 5.97 Å². The Hall–Kier alpha value is -2.09. The van der Waals surface area contributed by atoms with Crippen molar-refractivity contribution in [2.75, 3.05) is 0 Å². The summed E-state index contributed by atoms with van der Waals surface area (Å²) in [6.07, 6.45) is 0. The molecular formula is C16H16O2. The van der Waals surface area contributed by atoms with Gasteiger partial charge in [-0.2, -0.15) is 0 Å². The summed E-state index contributed by atoms with van der Waals surface area (Å²) in [6.45, 7) is 3.82. The van der Waals surface area contributed by atoms with E-state index in [1.165, 1.54) is 18.1 Å². The molecule has 0 atom stereocenters. The molecule has 0 aromatic heterocycles. The summed E-state index contributed by atoms with van der Waals surface area (Å²) in [4.78, 5) is 10.8. The van der Waals surface area contributed by atoms with Crippen LogP contribution in [0, 0.1) is 6.92 Å². The van der Waals surface area contributed by atoms with Gasteiger partial charge in [-0.05, 0) is 29.7 Å². The molecule has 0 fully saturated rings. The van der Waals surface area contributed by atoms with Gasteiger partial charge in [0.2, 0.25) is 0 Å². The van der Waals surface area contributed by atoms with E-state index in [0.29, 0.717) is 6.61 Å². The summed E-state index contributed by atoms with van der Waals surface area (Å²) in [6, 6.07) is 16.4. The van der Waals surface area contributed by atoms with Crippen molar-refractivity contribution < 1.29 is 9.53 Å². The van der Waals surface area contributed by atoms with Gasteiger partial charge < -0.3 is 4.74 Å². The van der Waals surface area contributed by atoms with E-state index in [-0.39, 0.29) is 5.97 Å². The Kier molecular flexibility index (Phi) is 3.78. The standard InChI is InChI=1S/C16H16O2/c1-12-6-8-15(9-7-12)16-5-3-4-14(10-16)11-18-13(2)17/h3-10H,11H2,1-2H3. The lowest BCUT2D eigenvalue weighted by Gasteiger charge is -2.06. The van der Waals surface area contributed by atoms with Gasteiger partial charge in [0.15, 0.2) is 0 Å². The van der Waals surface area contributed by atoms with Crippen molar-refractivity contribution >= 4 is 5.97 Å². The second-order valence-electron chi connectivity index (χ2n) is 4.35. The molecule has 2 aromatic rings. The van der Waals surface area contributed by atoms with Crippen LogP contribution in [0.3, 0.4) is 0 Å². The number of hydrogen-bond donors (Lipinski definition) is 0. The van der Waals surface area contributed by atoms with E-state index in [9.17, 15) is 4.79 Å². The first-order valence-electron chi connectivity index (χ1n) is 5.94. The highest BCUT2D eigenvalue weighted by molar-refractivity contribution is 5.66. The van der Waals surface area contributed by atoms with E-state index in [1.807, 2.05) is 18.2 Å². The van der Waals surface area contributed by atoms with E-state index in [0.717, 1.165) is 11.1 Å². The largest absolute Gasteiger partial charge is 0.461 e. The number of hydrogen-bond acceptors (Lipinski definition) is 2. The van der Waals surface area contributed by atoms with Crippen LogP contribution in [-0.2, 0) is 16.1 Å². The average Bonchev–Trinajstić information content (AvgIpc) is 2.37.